The molecule has 0 aromatic carbocycles. The van der Waals surface area contributed by atoms with E-state index in [1.54, 1.807) is 13.8 Å². The van der Waals surface area contributed by atoms with Crippen molar-refractivity contribution >= 4 is 35.3 Å². The molecule has 10 nitrogen and oxygen atoms in total. The van der Waals surface area contributed by atoms with Gasteiger partial charge in [-0.3, -0.25) is 33.7 Å². The summed E-state index contributed by atoms with van der Waals surface area (Å²) in [6.45, 7) is 7.22. The number of hydrogen-bond donors (Lipinski definition) is 3. The molecule has 1 aliphatic rings. The predicted octanol–water partition coefficient (Wildman–Crippen LogP) is -0.238. The Hall–Kier alpha value is -2.78. The normalized spacial score (nSPS) is 16.1. The smallest absolute Gasteiger partial charge is 0.239 e. The molecule has 0 aromatic rings. The van der Waals surface area contributed by atoms with Crippen molar-refractivity contribution in [1.82, 2.24) is 20.9 Å². The van der Waals surface area contributed by atoms with Gasteiger partial charge < -0.3 is 16.0 Å². The first kappa shape index (κ1) is 26.3. The largest absolute Gasteiger partial charge is 0.354 e. The predicted molar refractivity (Wildman–Crippen MR) is 112 cm³/mol. The molecule has 0 aromatic heterocycles. The Morgan fingerprint density at radius 1 is 0.903 bits per heavy atom. The van der Waals surface area contributed by atoms with Gasteiger partial charge in [0, 0.05) is 44.2 Å². The van der Waals surface area contributed by atoms with Gasteiger partial charge in [-0.1, -0.05) is 27.7 Å². The van der Waals surface area contributed by atoms with Crippen LogP contribution < -0.4 is 16.0 Å². The number of likely N-dealkylation sites (tertiary alicyclic amines) is 1. The molecule has 1 aliphatic heterocycles. The lowest BCUT2D eigenvalue weighted by atomic mass is 9.94. The van der Waals surface area contributed by atoms with Crippen LogP contribution in [0.4, 0.5) is 0 Å². The topological polar surface area (TPSA) is 142 Å². The Morgan fingerprint density at radius 2 is 1.48 bits per heavy atom. The number of hydrogen-bond acceptors (Lipinski definition) is 6. The highest BCUT2D eigenvalue weighted by Crippen LogP contribution is 2.26. The van der Waals surface area contributed by atoms with Crippen molar-refractivity contribution in [3.8, 4) is 0 Å². The van der Waals surface area contributed by atoms with Crippen molar-refractivity contribution in [2.24, 2.45) is 17.8 Å². The molecule has 174 valence electrons. The van der Waals surface area contributed by atoms with Crippen LogP contribution in [0.15, 0.2) is 0 Å². The zero-order valence-electron chi connectivity index (χ0n) is 18.8. The van der Waals surface area contributed by atoms with E-state index >= 15 is 0 Å². The Balaban J connectivity index is 2.17. The third-order valence-electron chi connectivity index (χ3n) is 5.10. The highest BCUT2D eigenvalue weighted by Gasteiger charge is 2.39. The van der Waals surface area contributed by atoms with Crippen LogP contribution in [-0.2, 0) is 28.8 Å². The number of amides is 5. The molecule has 1 fully saturated rings. The lowest BCUT2D eigenvalue weighted by Gasteiger charge is -2.16. The molecule has 0 bridgehead atoms. The maximum atomic E-state index is 12.2. The van der Waals surface area contributed by atoms with Crippen molar-refractivity contribution in [2.45, 2.75) is 53.4 Å². The SMILES string of the molecule is CC(C)C(=O)CCNC(=O)CNC(=O)CNC(=O)CCCN1C(=O)CC(C(C)C)C1=O. The monoisotopic (exact) mass is 438 g/mol. The molecule has 1 heterocycles. The van der Waals surface area contributed by atoms with Gasteiger partial charge in [-0.05, 0) is 12.3 Å². The van der Waals surface area contributed by atoms with E-state index < -0.39 is 11.8 Å². The first-order valence-electron chi connectivity index (χ1n) is 10.7. The van der Waals surface area contributed by atoms with Crippen molar-refractivity contribution in [3.63, 3.8) is 0 Å². The Bertz CT molecular complexity index is 704. The van der Waals surface area contributed by atoms with E-state index in [0.717, 1.165) is 0 Å². The lowest BCUT2D eigenvalue weighted by molar-refractivity contribution is -0.140. The standard InChI is InChI=1S/C21H34N4O6/c1-13(2)15-10-20(30)25(21(15)31)9-5-6-17(27)23-12-19(29)24-11-18(28)22-8-7-16(26)14(3)4/h13-15H,5-12H2,1-4H3,(H,22,28)(H,23,27)(H,24,29). The maximum Gasteiger partial charge on any atom is 0.239 e. The number of rotatable bonds is 13. The number of carbonyl (C=O) groups excluding carboxylic acids is 6. The zero-order chi connectivity index (χ0) is 23.6. The number of Topliss-reactive ketones (excluding diaryl/α,β-unsaturated/α-hetero) is 1. The maximum absolute atomic E-state index is 12.2. The van der Waals surface area contributed by atoms with Gasteiger partial charge >= 0.3 is 0 Å². The molecule has 0 saturated carbocycles. The Labute approximate surface area is 182 Å². The summed E-state index contributed by atoms with van der Waals surface area (Å²) in [6.07, 6.45) is 0.832. The van der Waals surface area contributed by atoms with E-state index in [2.05, 4.69) is 16.0 Å². The van der Waals surface area contributed by atoms with Crippen LogP contribution >= 0.6 is 0 Å². The van der Waals surface area contributed by atoms with Crippen molar-refractivity contribution in [3.05, 3.63) is 0 Å². The fourth-order valence-electron chi connectivity index (χ4n) is 3.05. The second-order valence-corrected chi connectivity index (χ2v) is 8.32. The average Bonchev–Trinajstić information content (AvgIpc) is 2.99. The van der Waals surface area contributed by atoms with Gasteiger partial charge in [0.2, 0.25) is 29.5 Å². The molecule has 0 aliphatic carbocycles. The van der Waals surface area contributed by atoms with Gasteiger partial charge in [-0.25, -0.2) is 0 Å². The molecule has 1 unspecified atom stereocenters. The van der Waals surface area contributed by atoms with Crippen LogP contribution in [0.3, 0.4) is 0 Å². The summed E-state index contributed by atoms with van der Waals surface area (Å²) in [5.41, 5.74) is 0. The van der Waals surface area contributed by atoms with Crippen molar-refractivity contribution < 1.29 is 28.8 Å². The number of imide groups is 1. The Morgan fingerprint density at radius 3 is 2.03 bits per heavy atom. The lowest BCUT2D eigenvalue weighted by Crippen LogP contribution is -2.42. The summed E-state index contributed by atoms with van der Waals surface area (Å²) in [6, 6.07) is 0. The average molecular weight is 439 g/mol. The van der Waals surface area contributed by atoms with Gasteiger partial charge in [0.15, 0.2) is 0 Å². The molecule has 31 heavy (non-hydrogen) atoms. The molecule has 0 radical (unpaired) electrons. The summed E-state index contributed by atoms with van der Waals surface area (Å²) in [7, 11) is 0. The zero-order valence-corrected chi connectivity index (χ0v) is 18.8. The first-order chi connectivity index (χ1) is 14.5. The summed E-state index contributed by atoms with van der Waals surface area (Å²) in [5, 5.41) is 7.35. The first-order valence-corrected chi connectivity index (χ1v) is 10.7. The fourth-order valence-corrected chi connectivity index (χ4v) is 3.05. The van der Waals surface area contributed by atoms with E-state index in [1.807, 2.05) is 13.8 Å². The number of nitrogens with one attached hydrogen (secondary N) is 3. The van der Waals surface area contributed by atoms with Crippen LogP contribution in [0.2, 0.25) is 0 Å². The van der Waals surface area contributed by atoms with Gasteiger partial charge in [-0.2, -0.15) is 0 Å². The molecule has 1 rings (SSSR count). The van der Waals surface area contributed by atoms with Crippen molar-refractivity contribution in [1.29, 1.82) is 0 Å². The van der Waals surface area contributed by atoms with Gasteiger partial charge in [-0.15, -0.1) is 0 Å². The van der Waals surface area contributed by atoms with Crippen LogP contribution in [0.1, 0.15) is 53.4 Å². The highest BCUT2D eigenvalue weighted by atomic mass is 16.2. The second kappa shape index (κ2) is 12.8. The molecule has 1 saturated heterocycles. The van der Waals surface area contributed by atoms with Gasteiger partial charge in [0.25, 0.3) is 0 Å². The molecule has 0 spiro atoms. The molecule has 1 atom stereocenters. The molecular weight excluding hydrogens is 404 g/mol. The molecule has 3 N–H and O–H groups in total. The van der Waals surface area contributed by atoms with E-state index in [4.69, 9.17) is 0 Å². The quantitative estimate of drug-likeness (QED) is 0.339. The van der Waals surface area contributed by atoms with Crippen molar-refractivity contribution in [2.75, 3.05) is 26.2 Å². The molecule has 10 heteroatoms. The molecule has 5 amide bonds. The van der Waals surface area contributed by atoms with Crippen LogP contribution in [0, 0.1) is 17.8 Å². The van der Waals surface area contributed by atoms with Gasteiger partial charge in [0.1, 0.15) is 5.78 Å². The number of ketones is 1. The van der Waals surface area contributed by atoms with Crippen LogP contribution in [0.25, 0.3) is 0 Å². The summed E-state index contributed by atoms with van der Waals surface area (Å²) in [5.74, 6) is -1.97. The highest BCUT2D eigenvalue weighted by molar-refractivity contribution is 6.03. The van der Waals surface area contributed by atoms with E-state index in [0.29, 0.717) is 6.42 Å². The minimum Gasteiger partial charge on any atom is -0.354 e. The summed E-state index contributed by atoms with van der Waals surface area (Å²) < 4.78 is 0. The fraction of sp³-hybridized carbons (Fsp3) is 0.714. The Kier molecular flexibility index (Phi) is 10.8. The minimum atomic E-state index is -0.522. The van der Waals surface area contributed by atoms with Gasteiger partial charge in [0.05, 0.1) is 13.1 Å². The summed E-state index contributed by atoms with van der Waals surface area (Å²) in [4.78, 5) is 72.1. The number of nitrogens with zero attached hydrogens (tertiary/aromatic N) is 1. The van der Waals surface area contributed by atoms with E-state index in [9.17, 15) is 28.8 Å². The summed E-state index contributed by atoms with van der Waals surface area (Å²) >= 11 is 0. The van der Waals surface area contributed by atoms with E-state index in [-0.39, 0.29) is 86.7 Å². The van der Waals surface area contributed by atoms with E-state index in [1.165, 1.54) is 4.90 Å². The van der Waals surface area contributed by atoms with Crippen LogP contribution in [-0.4, -0.2) is 66.4 Å². The third-order valence-corrected chi connectivity index (χ3v) is 5.10. The second-order valence-electron chi connectivity index (χ2n) is 8.32. The third kappa shape index (κ3) is 9.27. The van der Waals surface area contributed by atoms with Crippen LogP contribution in [0.5, 0.6) is 0 Å². The molecular formula is C21H34N4O6. The number of carbonyl (C=O) groups is 6. The minimum absolute atomic E-state index is 0.0465.